The van der Waals surface area contributed by atoms with Gasteiger partial charge >= 0.3 is 0 Å². The fraction of sp³-hybridized carbons (Fsp3) is 0.100. The molecule has 0 bridgehead atoms. The lowest BCUT2D eigenvalue weighted by atomic mass is 10.1. The maximum absolute atomic E-state index is 12.5. The highest BCUT2D eigenvalue weighted by Crippen LogP contribution is 2.19. The fourth-order valence-corrected chi connectivity index (χ4v) is 2.42. The molecule has 3 rings (SSSR count). The quantitative estimate of drug-likeness (QED) is 0.712. The minimum Gasteiger partial charge on any atom is -0.497 e. The predicted octanol–water partition coefficient (Wildman–Crippen LogP) is 3.46. The number of anilines is 1. The zero-order chi connectivity index (χ0) is 18.5. The number of benzene rings is 2. The Morgan fingerprint density at radius 2 is 1.85 bits per heavy atom. The van der Waals surface area contributed by atoms with Gasteiger partial charge in [0.15, 0.2) is 5.43 Å². The molecule has 1 aromatic heterocycles. The van der Waals surface area contributed by atoms with E-state index in [1.165, 1.54) is 25.5 Å². The first-order valence-electron chi connectivity index (χ1n) is 7.83. The van der Waals surface area contributed by atoms with E-state index in [0.29, 0.717) is 28.2 Å². The van der Waals surface area contributed by atoms with Gasteiger partial charge in [-0.25, -0.2) is 0 Å². The van der Waals surface area contributed by atoms with E-state index in [-0.39, 0.29) is 16.9 Å². The normalized spacial score (nSPS) is 10.8. The topological polar surface area (TPSA) is 77.8 Å². The van der Waals surface area contributed by atoms with Crippen molar-refractivity contribution in [3.05, 3.63) is 70.6 Å². The number of nitrogens with one attached hydrogen (secondary N) is 1. The lowest BCUT2D eigenvalue weighted by Crippen LogP contribution is -2.09. The minimum atomic E-state index is -0.368. The Hall–Kier alpha value is -3.54. The number of rotatable bonds is 5. The molecule has 26 heavy (non-hydrogen) atoms. The second-order valence-electron chi connectivity index (χ2n) is 5.44. The number of carbonyl (C=O) groups excluding carboxylic acids is 1. The lowest BCUT2D eigenvalue weighted by Gasteiger charge is -2.04. The Labute approximate surface area is 149 Å². The molecule has 0 atom stereocenters. The van der Waals surface area contributed by atoms with Crippen LogP contribution in [0.2, 0.25) is 0 Å². The first-order chi connectivity index (χ1) is 12.6. The van der Waals surface area contributed by atoms with Gasteiger partial charge in [0.05, 0.1) is 25.2 Å². The molecule has 1 heterocycles. The van der Waals surface area contributed by atoms with Crippen LogP contribution < -0.4 is 20.2 Å². The zero-order valence-corrected chi connectivity index (χ0v) is 14.3. The second kappa shape index (κ2) is 7.57. The van der Waals surface area contributed by atoms with Gasteiger partial charge < -0.3 is 19.2 Å². The third kappa shape index (κ3) is 3.75. The van der Waals surface area contributed by atoms with Gasteiger partial charge in [0.25, 0.3) is 0 Å². The summed E-state index contributed by atoms with van der Waals surface area (Å²) in [7, 11) is 3.09. The highest BCUT2D eigenvalue weighted by Gasteiger charge is 2.07. The van der Waals surface area contributed by atoms with Crippen molar-refractivity contribution in [2.45, 2.75) is 0 Å². The number of methoxy groups -OCH3 is 2. The van der Waals surface area contributed by atoms with Gasteiger partial charge in [-0.15, -0.1) is 0 Å². The third-order valence-corrected chi connectivity index (χ3v) is 3.76. The van der Waals surface area contributed by atoms with E-state index in [1.54, 1.807) is 49.6 Å². The summed E-state index contributed by atoms with van der Waals surface area (Å²) in [6.45, 7) is 0. The number of ether oxygens (including phenoxy) is 2. The largest absolute Gasteiger partial charge is 0.497 e. The summed E-state index contributed by atoms with van der Waals surface area (Å²) in [5.41, 5.74) is 1.08. The van der Waals surface area contributed by atoms with Crippen LogP contribution in [0.1, 0.15) is 5.56 Å². The maximum atomic E-state index is 12.5. The van der Waals surface area contributed by atoms with Crippen molar-refractivity contribution in [1.82, 2.24) is 0 Å². The van der Waals surface area contributed by atoms with Crippen molar-refractivity contribution in [2.24, 2.45) is 0 Å². The SMILES string of the molecule is COc1cccc(NC(=O)/C=C/c2coc3cc(OC)ccc3c2=O)c1. The van der Waals surface area contributed by atoms with Crippen molar-refractivity contribution in [1.29, 1.82) is 0 Å². The molecule has 0 unspecified atom stereocenters. The van der Waals surface area contributed by atoms with Crippen LogP contribution in [0.5, 0.6) is 11.5 Å². The van der Waals surface area contributed by atoms with Crippen LogP contribution in [0.4, 0.5) is 5.69 Å². The molecule has 3 aromatic rings. The maximum Gasteiger partial charge on any atom is 0.248 e. The molecule has 0 radical (unpaired) electrons. The van der Waals surface area contributed by atoms with Crippen molar-refractivity contribution in [3.63, 3.8) is 0 Å². The summed E-state index contributed by atoms with van der Waals surface area (Å²) < 4.78 is 15.7. The van der Waals surface area contributed by atoms with Crippen LogP contribution in [0.15, 0.2) is 64.0 Å². The van der Waals surface area contributed by atoms with Gasteiger partial charge in [0.1, 0.15) is 23.3 Å². The monoisotopic (exact) mass is 351 g/mol. The molecule has 0 spiro atoms. The number of amides is 1. The van der Waals surface area contributed by atoms with Crippen molar-refractivity contribution in [3.8, 4) is 11.5 Å². The molecule has 2 aromatic carbocycles. The second-order valence-corrected chi connectivity index (χ2v) is 5.44. The molecular formula is C20H17NO5. The fourth-order valence-electron chi connectivity index (χ4n) is 2.42. The first-order valence-corrected chi connectivity index (χ1v) is 7.83. The lowest BCUT2D eigenvalue weighted by molar-refractivity contribution is -0.111. The van der Waals surface area contributed by atoms with Crippen LogP contribution in [0.25, 0.3) is 17.0 Å². The van der Waals surface area contributed by atoms with E-state index in [9.17, 15) is 9.59 Å². The summed E-state index contributed by atoms with van der Waals surface area (Å²) in [5, 5.41) is 3.12. The zero-order valence-electron chi connectivity index (χ0n) is 14.3. The summed E-state index contributed by atoms with van der Waals surface area (Å²) in [6.07, 6.45) is 4.02. The van der Waals surface area contributed by atoms with Gasteiger partial charge in [-0.05, 0) is 30.3 Å². The Bertz CT molecular complexity index is 1040. The smallest absolute Gasteiger partial charge is 0.248 e. The van der Waals surface area contributed by atoms with E-state index in [2.05, 4.69) is 5.32 Å². The van der Waals surface area contributed by atoms with Crippen LogP contribution in [-0.4, -0.2) is 20.1 Å². The predicted molar refractivity (Wildman–Crippen MR) is 99.7 cm³/mol. The molecule has 0 aliphatic rings. The summed E-state index contributed by atoms with van der Waals surface area (Å²) in [6, 6.07) is 11.9. The van der Waals surface area contributed by atoms with Crippen LogP contribution >= 0.6 is 0 Å². The van der Waals surface area contributed by atoms with Gasteiger partial charge in [0.2, 0.25) is 5.91 Å². The first kappa shape index (κ1) is 17.3. The molecule has 0 fully saturated rings. The van der Waals surface area contributed by atoms with Crippen molar-refractivity contribution >= 4 is 28.6 Å². The molecule has 0 saturated carbocycles. The molecular weight excluding hydrogens is 334 g/mol. The molecule has 0 aliphatic heterocycles. The van der Waals surface area contributed by atoms with Gasteiger partial charge in [-0.3, -0.25) is 9.59 Å². The van der Waals surface area contributed by atoms with Crippen LogP contribution in [0.3, 0.4) is 0 Å². The van der Waals surface area contributed by atoms with E-state index in [4.69, 9.17) is 13.9 Å². The van der Waals surface area contributed by atoms with Gasteiger partial charge in [-0.2, -0.15) is 0 Å². The molecule has 0 aliphatic carbocycles. The third-order valence-electron chi connectivity index (χ3n) is 3.76. The number of hydrogen-bond donors (Lipinski definition) is 1. The Balaban J connectivity index is 1.80. The van der Waals surface area contributed by atoms with Crippen molar-refractivity contribution < 1.29 is 18.7 Å². The Morgan fingerprint density at radius 1 is 1.08 bits per heavy atom. The molecule has 6 heteroatoms. The standard InChI is InChI=1S/C20H17NO5/c1-24-15-5-3-4-14(10-15)21-19(22)9-6-13-12-26-18-11-16(25-2)7-8-17(18)20(13)23/h3-12H,1-2H3,(H,21,22)/b9-6+. The van der Waals surface area contributed by atoms with E-state index >= 15 is 0 Å². The summed E-state index contributed by atoms with van der Waals surface area (Å²) in [5.74, 6) is 0.867. The molecule has 6 nitrogen and oxygen atoms in total. The summed E-state index contributed by atoms with van der Waals surface area (Å²) in [4.78, 5) is 24.5. The highest BCUT2D eigenvalue weighted by atomic mass is 16.5. The van der Waals surface area contributed by atoms with Gasteiger partial charge in [-0.1, -0.05) is 6.07 Å². The van der Waals surface area contributed by atoms with Crippen LogP contribution in [-0.2, 0) is 4.79 Å². The molecule has 1 N–H and O–H groups in total. The average Bonchev–Trinajstić information content (AvgIpc) is 2.67. The van der Waals surface area contributed by atoms with Crippen LogP contribution in [0, 0.1) is 0 Å². The Morgan fingerprint density at radius 3 is 2.62 bits per heavy atom. The van der Waals surface area contributed by atoms with Crippen molar-refractivity contribution in [2.75, 3.05) is 19.5 Å². The van der Waals surface area contributed by atoms with E-state index in [0.717, 1.165) is 0 Å². The number of carbonyl (C=O) groups is 1. The molecule has 0 saturated heterocycles. The number of hydrogen-bond acceptors (Lipinski definition) is 5. The number of fused-ring (bicyclic) bond motifs is 1. The Kier molecular flexibility index (Phi) is 5.03. The van der Waals surface area contributed by atoms with Gasteiger partial charge in [0, 0.05) is 23.9 Å². The minimum absolute atomic E-state index is 0.223. The highest BCUT2D eigenvalue weighted by molar-refractivity contribution is 6.02. The molecule has 132 valence electrons. The summed E-state index contributed by atoms with van der Waals surface area (Å²) >= 11 is 0. The average molecular weight is 351 g/mol. The van der Waals surface area contributed by atoms with E-state index in [1.807, 2.05) is 0 Å². The molecule has 1 amide bonds. The van der Waals surface area contributed by atoms with E-state index < -0.39 is 0 Å².